The van der Waals surface area contributed by atoms with E-state index in [9.17, 15) is 0 Å². The van der Waals surface area contributed by atoms with Gasteiger partial charge in [-0.05, 0) is 49.9 Å². The maximum Gasteiger partial charge on any atom is 0.137 e. The summed E-state index contributed by atoms with van der Waals surface area (Å²) < 4.78 is 2.15. The van der Waals surface area contributed by atoms with Crippen LogP contribution in [0.1, 0.15) is 24.1 Å². The highest BCUT2D eigenvalue weighted by molar-refractivity contribution is 5.85. The summed E-state index contributed by atoms with van der Waals surface area (Å²) in [5.74, 6) is 0. The Bertz CT molecular complexity index is 634. The van der Waals surface area contributed by atoms with E-state index in [1.807, 2.05) is 0 Å². The average Bonchev–Trinajstić information content (AvgIpc) is 3.12. The van der Waals surface area contributed by atoms with Crippen molar-refractivity contribution in [3.05, 3.63) is 35.8 Å². The van der Waals surface area contributed by atoms with E-state index in [4.69, 9.17) is 4.98 Å². The summed E-state index contributed by atoms with van der Waals surface area (Å²) in [5, 5.41) is 3.52. The van der Waals surface area contributed by atoms with Gasteiger partial charge in [0.25, 0.3) is 0 Å². The van der Waals surface area contributed by atoms with Gasteiger partial charge in [-0.3, -0.25) is 4.90 Å². The first kappa shape index (κ1) is 17.5. The molecule has 6 heteroatoms. The summed E-state index contributed by atoms with van der Waals surface area (Å²) in [7, 11) is 0. The van der Waals surface area contributed by atoms with Crippen molar-refractivity contribution in [2.24, 2.45) is 5.41 Å². The molecule has 4 nitrogen and oxygen atoms in total. The second-order valence-corrected chi connectivity index (χ2v) is 6.59. The molecule has 1 spiro atoms. The molecule has 0 amide bonds. The summed E-state index contributed by atoms with van der Waals surface area (Å²) in [6.07, 6.45) is 7.01. The number of nitrogens with one attached hydrogen (secondary N) is 1. The first-order valence-corrected chi connectivity index (χ1v) is 7.60. The quantitative estimate of drug-likeness (QED) is 0.910. The Balaban J connectivity index is 0.000000882. The molecular weight excluding hydrogens is 319 g/mol. The Hall–Kier alpha value is -0.810. The third kappa shape index (κ3) is 3.25. The molecule has 1 N–H and O–H groups in total. The topological polar surface area (TPSA) is 32.6 Å². The monoisotopic (exact) mass is 342 g/mol. The third-order valence-electron chi connectivity index (χ3n) is 4.88. The van der Waals surface area contributed by atoms with Gasteiger partial charge in [-0.25, -0.2) is 4.98 Å². The second kappa shape index (κ2) is 6.75. The van der Waals surface area contributed by atoms with Crippen molar-refractivity contribution in [2.45, 2.75) is 26.3 Å². The molecular formula is C16H24Cl2N4. The van der Waals surface area contributed by atoms with Gasteiger partial charge < -0.3 is 9.72 Å². The number of imidazole rings is 1. The van der Waals surface area contributed by atoms with Crippen LogP contribution in [0.2, 0.25) is 0 Å². The first-order chi connectivity index (χ1) is 9.72. The van der Waals surface area contributed by atoms with Crippen LogP contribution in [-0.4, -0.2) is 40.5 Å². The molecule has 4 heterocycles. The minimum absolute atomic E-state index is 0. The lowest BCUT2D eigenvalue weighted by Gasteiger charge is -2.22. The van der Waals surface area contributed by atoms with Crippen molar-refractivity contribution in [1.82, 2.24) is 19.6 Å². The number of fused-ring (bicyclic) bond motifs is 1. The summed E-state index contributed by atoms with van der Waals surface area (Å²) >= 11 is 0. The highest BCUT2D eigenvalue weighted by Gasteiger charge is 2.40. The van der Waals surface area contributed by atoms with E-state index in [-0.39, 0.29) is 24.8 Å². The molecule has 0 saturated carbocycles. The Labute approximate surface area is 144 Å². The predicted octanol–water partition coefficient (Wildman–Crippen LogP) is 2.67. The fourth-order valence-corrected chi connectivity index (χ4v) is 3.77. The van der Waals surface area contributed by atoms with E-state index >= 15 is 0 Å². The van der Waals surface area contributed by atoms with Gasteiger partial charge in [0.1, 0.15) is 5.65 Å². The number of pyridine rings is 1. The summed E-state index contributed by atoms with van der Waals surface area (Å²) in [6.45, 7) is 7.95. The fraction of sp³-hybridized carbons (Fsp3) is 0.562. The van der Waals surface area contributed by atoms with Crippen LogP contribution in [0.15, 0.2) is 24.5 Å². The van der Waals surface area contributed by atoms with Gasteiger partial charge in [0.15, 0.2) is 0 Å². The van der Waals surface area contributed by atoms with Crippen LogP contribution >= 0.6 is 24.8 Å². The van der Waals surface area contributed by atoms with E-state index < -0.39 is 0 Å². The largest absolute Gasteiger partial charge is 0.316 e. The fourth-order valence-electron chi connectivity index (χ4n) is 3.77. The van der Waals surface area contributed by atoms with Gasteiger partial charge >= 0.3 is 0 Å². The number of hydrogen-bond donors (Lipinski definition) is 1. The molecule has 2 aromatic heterocycles. The normalized spacial score (nSPS) is 24.6. The van der Waals surface area contributed by atoms with Crippen LogP contribution in [0.5, 0.6) is 0 Å². The predicted molar refractivity (Wildman–Crippen MR) is 94.2 cm³/mol. The Morgan fingerprint density at radius 2 is 2.09 bits per heavy atom. The van der Waals surface area contributed by atoms with Crippen LogP contribution in [0.3, 0.4) is 0 Å². The smallest absolute Gasteiger partial charge is 0.137 e. The zero-order chi connectivity index (χ0) is 13.6. The molecule has 1 unspecified atom stereocenters. The zero-order valence-corrected chi connectivity index (χ0v) is 14.6. The van der Waals surface area contributed by atoms with Crippen LogP contribution in [0, 0.1) is 12.3 Å². The van der Waals surface area contributed by atoms with Crippen LogP contribution in [0.4, 0.5) is 0 Å². The van der Waals surface area contributed by atoms with Crippen molar-refractivity contribution in [2.75, 3.05) is 26.2 Å². The Morgan fingerprint density at radius 1 is 1.23 bits per heavy atom. The summed E-state index contributed by atoms with van der Waals surface area (Å²) in [6, 6.07) is 4.23. The maximum atomic E-state index is 4.74. The average molecular weight is 343 g/mol. The van der Waals surface area contributed by atoms with E-state index in [1.165, 1.54) is 50.3 Å². The number of nitrogens with zero attached hydrogens (tertiary/aromatic N) is 3. The maximum absolute atomic E-state index is 4.74. The van der Waals surface area contributed by atoms with Crippen LogP contribution in [0.25, 0.3) is 5.65 Å². The van der Waals surface area contributed by atoms with Gasteiger partial charge in [0.05, 0.1) is 5.69 Å². The number of aryl methyl sites for hydroxylation is 1. The van der Waals surface area contributed by atoms with E-state index in [2.05, 4.69) is 46.1 Å². The number of hydrogen-bond acceptors (Lipinski definition) is 3. The van der Waals surface area contributed by atoms with Gasteiger partial charge in [0.2, 0.25) is 0 Å². The van der Waals surface area contributed by atoms with Crippen molar-refractivity contribution in [3.63, 3.8) is 0 Å². The molecule has 1 atom stereocenters. The number of halogens is 2. The van der Waals surface area contributed by atoms with Gasteiger partial charge in [-0.15, -0.1) is 24.8 Å². The molecule has 22 heavy (non-hydrogen) atoms. The van der Waals surface area contributed by atoms with Crippen molar-refractivity contribution < 1.29 is 0 Å². The summed E-state index contributed by atoms with van der Waals surface area (Å²) in [5.41, 5.74) is 4.08. The molecule has 0 aromatic carbocycles. The molecule has 0 aliphatic carbocycles. The molecule has 2 aliphatic heterocycles. The lowest BCUT2D eigenvalue weighted by atomic mass is 9.87. The molecule has 2 aromatic rings. The number of rotatable bonds is 2. The lowest BCUT2D eigenvalue weighted by Crippen LogP contribution is -2.29. The van der Waals surface area contributed by atoms with E-state index in [0.717, 1.165) is 12.2 Å². The third-order valence-corrected chi connectivity index (χ3v) is 4.88. The first-order valence-electron chi connectivity index (χ1n) is 7.60. The minimum atomic E-state index is 0. The van der Waals surface area contributed by atoms with E-state index in [0.29, 0.717) is 5.41 Å². The van der Waals surface area contributed by atoms with Gasteiger partial charge in [0, 0.05) is 32.0 Å². The molecule has 4 rings (SSSR count). The molecule has 2 fully saturated rings. The van der Waals surface area contributed by atoms with Gasteiger partial charge in [-0.2, -0.15) is 0 Å². The van der Waals surface area contributed by atoms with Crippen molar-refractivity contribution in [3.8, 4) is 0 Å². The highest BCUT2D eigenvalue weighted by atomic mass is 35.5. The molecule has 2 aliphatic rings. The second-order valence-electron chi connectivity index (χ2n) is 6.59. The highest BCUT2D eigenvalue weighted by Crippen LogP contribution is 2.36. The van der Waals surface area contributed by atoms with Crippen LogP contribution < -0.4 is 5.32 Å². The van der Waals surface area contributed by atoms with Crippen molar-refractivity contribution in [1.29, 1.82) is 0 Å². The van der Waals surface area contributed by atoms with Gasteiger partial charge in [-0.1, -0.05) is 6.07 Å². The molecule has 122 valence electrons. The Kier molecular flexibility index (Phi) is 5.38. The molecule has 2 saturated heterocycles. The van der Waals surface area contributed by atoms with Crippen molar-refractivity contribution >= 4 is 30.5 Å². The minimum Gasteiger partial charge on any atom is -0.316 e. The lowest BCUT2D eigenvalue weighted by molar-refractivity contribution is 0.267. The standard InChI is InChI=1S/C16H22N4.2ClH/c1-13-2-3-15-18-14(10-20(15)8-13)9-19-7-5-16(12-19)4-6-17-11-16;;/h2-3,8,10,17H,4-7,9,11-12H2,1H3;2*1H. The number of aromatic nitrogens is 2. The van der Waals surface area contributed by atoms with E-state index in [1.54, 1.807) is 0 Å². The SMILES string of the molecule is Cc1ccc2nc(CN3CCC4(CCNC4)C3)cn2c1.Cl.Cl. The summed E-state index contributed by atoms with van der Waals surface area (Å²) in [4.78, 5) is 7.31. The molecule has 0 radical (unpaired) electrons. The number of likely N-dealkylation sites (tertiary alicyclic amines) is 1. The molecule has 0 bridgehead atoms. The zero-order valence-electron chi connectivity index (χ0n) is 12.9. The Morgan fingerprint density at radius 3 is 2.86 bits per heavy atom. The van der Waals surface area contributed by atoms with Crippen LogP contribution in [-0.2, 0) is 6.54 Å².